The molecule has 0 aliphatic carbocycles. The fourth-order valence-electron chi connectivity index (χ4n) is 8.78. The lowest BCUT2D eigenvalue weighted by molar-refractivity contribution is -0.123. The van der Waals surface area contributed by atoms with Gasteiger partial charge in [-0.25, -0.2) is 0 Å². The van der Waals surface area contributed by atoms with Crippen LogP contribution in [0.5, 0.6) is 0 Å². The average molecular weight is 1010 g/mol. The first-order valence-electron chi connectivity index (χ1n) is 30.9. The molecule has 0 aliphatic heterocycles. The van der Waals surface area contributed by atoms with E-state index in [9.17, 15) is 15.0 Å². The van der Waals surface area contributed by atoms with Crippen molar-refractivity contribution in [3.63, 3.8) is 0 Å². The second-order valence-corrected chi connectivity index (χ2v) is 20.4. The molecule has 0 spiro atoms. The Balaban J connectivity index is 3.61. The number of aliphatic hydroxyl groups excluding tert-OH is 2. The summed E-state index contributed by atoms with van der Waals surface area (Å²) < 4.78 is 0. The molecule has 0 aromatic carbocycles. The van der Waals surface area contributed by atoms with Crippen LogP contribution in [0.25, 0.3) is 0 Å². The molecule has 0 aromatic rings. The Labute approximate surface area is 453 Å². The Hall–Kier alpha value is -3.47. The van der Waals surface area contributed by atoms with E-state index in [-0.39, 0.29) is 12.5 Å². The third kappa shape index (κ3) is 59.3. The Kier molecular flexibility index (Phi) is 59.8. The first-order chi connectivity index (χ1) is 36.2. The predicted octanol–water partition coefficient (Wildman–Crippen LogP) is 21.0. The van der Waals surface area contributed by atoms with Gasteiger partial charge >= 0.3 is 0 Å². The van der Waals surface area contributed by atoms with Crippen LogP contribution in [0.4, 0.5) is 0 Å². The van der Waals surface area contributed by atoms with Crippen molar-refractivity contribution in [3.05, 3.63) is 134 Å². The molecule has 0 heterocycles. The maximum absolute atomic E-state index is 12.5. The van der Waals surface area contributed by atoms with Gasteiger partial charge in [0.05, 0.1) is 18.8 Å². The van der Waals surface area contributed by atoms with Crippen molar-refractivity contribution < 1.29 is 15.0 Å². The van der Waals surface area contributed by atoms with Gasteiger partial charge in [-0.3, -0.25) is 4.79 Å². The van der Waals surface area contributed by atoms with Crippen molar-refractivity contribution in [2.75, 3.05) is 6.61 Å². The highest BCUT2D eigenvalue weighted by Crippen LogP contribution is 2.17. The fourth-order valence-corrected chi connectivity index (χ4v) is 8.78. The number of allylic oxidation sites excluding steroid dienone is 22. The van der Waals surface area contributed by atoms with Gasteiger partial charge in [-0.05, 0) is 96.3 Å². The van der Waals surface area contributed by atoms with Gasteiger partial charge in [0.2, 0.25) is 5.91 Å². The number of carbonyl (C=O) groups is 1. The summed E-state index contributed by atoms with van der Waals surface area (Å²) in [4.78, 5) is 12.5. The van der Waals surface area contributed by atoms with Crippen molar-refractivity contribution in [1.82, 2.24) is 5.32 Å². The molecule has 1 amide bonds. The standard InChI is InChI=1S/C69H117NO3/c1-3-5-7-9-11-13-15-17-19-21-23-25-26-27-28-29-30-31-32-33-34-35-36-37-38-39-40-41-42-43-44-45-47-49-51-53-55-57-59-61-63-65-69(73)70-67(66-71)68(72)64-62-60-58-56-54-52-50-48-46-24-22-20-18-16-14-12-10-8-6-4-2/h5,7,11,13,17,19,23,25,27-28,30-31,33-34,36-37,39-40,42-43,45,47,67-68,71-72H,3-4,6,8-10,12,14-16,18,20-22,24,26,29,32,35,38,41,44,46,48-66H2,1-2H3,(H,70,73)/b7-5-,13-11-,19-17-,25-23-,28-27-,31-30-,34-33-,37-36-,40-39-,43-42-,47-45-. The molecule has 0 radical (unpaired) electrons. The maximum atomic E-state index is 12.5. The average Bonchev–Trinajstić information content (AvgIpc) is 3.40. The molecule has 4 nitrogen and oxygen atoms in total. The minimum atomic E-state index is -0.674. The molecule has 0 rings (SSSR count). The number of unbranched alkanes of at least 4 members (excludes halogenated alkanes) is 26. The van der Waals surface area contributed by atoms with Gasteiger partial charge in [-0.2, -0.15) is 0 Å². The smallest absolute Gasteiger partial charge is 0.220 e. The number of amides is 1. The van der Waals surface area contributed by atoms with Crippen LogP contribution in [0.15, 0.2) is 134 Å². The fraction of sp³-hybridized carbons (Fsp3) is 0.667. The second kappa shape index (κ2) is 62.8. The molecule has 0 aliphatic rings. The van der Waals surface area contributed by atoms with Gasteiger partial charge in [-0.15, -0.1) is 0 Å². The monoisotopic (exact) mass is 1010 g/mol. The molecule has 0 saturated carbocycles. The van der Waals surface area contributed by atoms with Gasteiger partial charge in [-0.1, -0.05) is 308 Å². The zero-order valence-corrected chi connectivity index (χ0v) is 47.9. The van der Waals surface area contributed by atoms with Crippen molar-refractivity contribution in [3.8, 4) is 0 Å². The van der Waals surface area contributed by atoms with Crippen LogP contribution in [0.2, 0.25) is 0 Å². The summed E-state index contributed by atoms with van der Waals surface area (Å²) in [7, 11) is 0. The summed E-state index contributed by atoms with van der Waals surface area (Å²) >= 11 is 0. The lowest BCUT2D eigenvalue weighted by Gasteiger charge is -2.22. The molecule has 416 valence electrons. The van der Waals surface area contributed by atoms with E-state index in [4.69, 9.17) is 0 Å². The van der Waals surface area contributed by atoms with E-state index < -0.39 is 12.1 Å². The minimum Gasteiger partial charge on any atom is -0.394 e. The van der Waals surface area contributed by atoms with Crippen LogP contribution >= 0.6 is 0 Å². The van der Waals surface area contributed by atoms with E-state index in [0.29, 0.717) is 12.8 Å². The summed E-state index contributed by atoms with van der Waals surface area (Å²) in [6, 6.07) is -0.552. The third-order valence-electron chi connectivity index (χ3n) is 13.4. The minimum absolute atomic E-state index is 0.0455. The number of hydrogen-bond donors (Lipinski definition) is 3. The summed E-state index contributed by atoms with van der Waals surface area (Å²) in [5, 5.41) is 23.4. The van der Waals surface area contributed by atoms with E-state index in [0.717, 1.165) is 109 Å². The molecule has 0 aromatic heterocycles. The lowest BCUT2D eigenvalue weighted by atomic mass is 10.0. The molecular weight excluding hydrogens is 891 g/mol. The van der Waals surface area contributed by atoms with Crippen LogP contribution in [0, 0.1) is 0 Å². The zero-order valence-electron chi connectivity index (χ0n) is 47.9. The quantitative estimate of drug-likeness (QED) is 0.0420. The molecule has 4 heteroatoms. The van der Waals surface area contributed by atoms with Gasteiger partial charge in [0.25, 0.3) is 0 Å². The molecule has 2 atom stereocenters. The lowest BCUT2D eigenvalue weighted by Crippen LogP contribution is -2.45. The normalized spacial score (nSPS) is 13.8. The summed E-state index contributed by atoms with van der Waals surface area (Å²) in [6.45, 7) is 4.25. The van der Waals surface area contributed by atoms with Crippen molar-refractivity contribution >= 4 is 5.91 Å². The first kappa shape index (κ1) is 69.5. The van der Waals surface area contributed by atoms with E-state index in [1.807, 2.05) is 0 Å². The highest BCUT2D eigenvalue weighted by molar-refractivity contribution is 5.76. The molecule has 0 bridgehead atoms. The van der Waals surface area contributed by atoms with E-state index in [1.54, 1.807) is 0 Å². The summed E-state index contributed by atoms with van der Waals surface area (Å²) in [5.74, 6) is -0.0455. The maximum Gasteiger partial charge on any atom is 0.220 e. The second-order valence-electron chi connectivity index (χ2n) is 20.4. The predicted molar refractivity (Wildman–Crippen MR) is 326 cm³/mol. The van der Waals surface area contributed by atoms with Gasteiger partial charge in [0, 0.05) is 6.42 Å². The zero-order chi connectivity index (χ0) is 52.7. The first-order valence-corrected chi connectivity index (χ1v) is 30.9. The number of aliphatic hydroxyl groups is 2. The van der Waals surface area contributed by atoms with Crippen LogP contribution < -0.4 is 5.32 Å². The van der Waals surface area contributed by atoms with Crippen molar-refractivity contribution in [2.24, 2.45) is 0 Å². The van der Waals surface area contributed by atoms with Crippen LogP contribution in [-0.2, 0) is 4.79 Å². The van der Waals surface area contributed by atoms with Crippen LogP contribution in [-0.4, -0.2) is 34.9 Å². The Bertz CT molecular complexity index is 1470. The molecule has 73 heavy (non-hydrogen) atoms. The van der Waals surface area contributed by atoms with Crippen molar-refractivity contribution in [2.45, 2.75) is 289 Å². The Morgan fingerprint density at radius 3 is 0.904 bits per heavy atom. The molecule has 0 fully saturated rings. The van der Waals surface area contributed by atoms with Crippen LogP contribution in [0.3, 0.4) is 0 Å². The number of rotatable bonds is 55. The topological polar surface area (TPSA) is 69.6 Å². The number of hydrogen-bond acceptors (Lipinski definition) is 3. The largest absolute Gasteiger partial charge is 0.394 e. The SMILES string of the molecule is CC/C=C\C/C=C\C/C=C\C/C=C\C/C=C\C/C=C\C/C=C\C/C=C\C/C=C\C/C=C\C/C=C\CCCCCCCCCC(=O)NC(CO)C(O)CCCCCCCCCCCCCCCCCCCCCC. The highest BCUT2D eigenvalue weighted by atomic mass is 16.3. The summed E-state index contributed by atoms with van der Waals surface area (Å²) in [6.07, 6.45) is 97.3. The molecular formula is C69H117NO3. The van der Waals surface area contributed by atoms with Crippen LogP contribution in [0.1, 0.15) is 277 Å². The molecule has 3 N–H and O–H groups in total. The summed E-state index contributed by atoms with van der Waals surface area (Å²) in [5.41, 5.74) is 0. The van der Waals surface area contributed by atoms with Gasteiger partial charge in [0.1, 0.15) is 0 Å². The number of nitrogens with one attached hydrogen (secondary N) is 1. The molecule has 0 saturated heterocycles. The Morgan fingerprint density at radius 1 is 0.342 bits per heavy atom. The van der Waals surface area contributed by atoms with E-state index >= 15 is 0 Å². The van der Waals surface area contributed by atoms with Gasteiger partial charge in [0.15, 0.2) is 0 Å². The third-order valence-corrected chi connectivity index (χ3v) is 13.4. The van der Waals surface area contributed by atoms with Crippen molar-refractivity contribution in [1.29, 1.82) is 0 Å². The van der Waals surface area contributed by atoms with E-state index in [1.165, 1.54) is 141 Å². The number of carbonyl (C=O) groups excluding carboxylic acids is 1. The highest BCUT2D eigenvalue weighted by Gasteiger charge is 2.20. The molecule has 2 unspecified atom stereocenters. The van der Waals surface area contributed by atoms with E-state index in [2.05, 4.69) is 153 Å². The van der Waals surface area contributed by atoms with Gasteiger partial charge < -0.3 is 15.5 Å². The Morgan fingerprint density at radius 2 is 0.603 bits per heavy atom.